The molecule has 0 spiro atoms. The second-order valence-electron chi connectivity index (χ2n) is 9.97. The molecule has 3 aromatic carbocycles. The number of halogens is 2. The summed E-state index contributed by atoms with van der Waals surface area (Å²) < 4.78 is 26.3. The molecule has 0 fully saturated rings. The number of benzene rings is 3. The molecular formula is C31H40F2O2. The van der Waals surface area contributed by atoms with E-state index in [1.54, 1.807) is 18.2 Å². The standard InChI is InChI=1S/C31H40F2O2/c1-23(12-10-20-32)11-8-6-4-2-3-5-7-9-13-29-27(25-15-19-31(35)30(33)22-25)17-14-24-21-26(34)16-18-28(24)29/h14-19,21-23,34-35H,2-13,20H2,1H3. The highest BCUT2D eigenvalue weighted by Crippen LogP contribution is 2.34. The summed E-state index contributed by atoms with van der Waals surface area (Å²) in [5, 5.41) is 21.5. The highest BCUT2D eigenvalue weighted by Gasteiger charge is 2.12. The van der Waals surface area contributed by atoms with Gasteiger partial charge < -0.3 is 10.2 Å². The van der Waals surface area contributed by atoms with Crippen molar-refractivity contribution >= 4 is 10.8 Å². The van der Waals surface area contributed by atoms with Crippen LogP contribution in [0.3, 0.4) is 0 Å². The van der Waals surface area contributed by atoms with Crippen LogP contribution in [0.5, 0.6) is 11.5 Å². The Morgan fingerprint density at radius 1 is 0.743 bits per heavy atom. The van der Waals surface area contributed by atoms with Crippen molar-refractivity contribution in [3.05, 3.63) is 59.9 Å². The highest BCUT2D eigenvalue weighted by molar-refractivity contribution is 5.92. The fourth-order valence-electron chi connectivity index (χ4n) is 5.02. The normalized spacial score (nSPS) is 12.3. The van der Waals surface area contributed by atoms with Gasteiger partial charge in [-0.15, -0.1) is 0 Å². The van der Waals surface area contributed by atoms with Crippen LogP contribution in [-0.2, 0) is 6.42 Å². The summed E-state index contributed by atoms with van der Waals surface area (Å²) in [5.41, 5.74) is 2.89. The first-order chi connectivity index (χ1) is 17.0. The molecule has 1 atom stereocenters. The number of hydrogen-bond acceptors (Lipinski definition) is 2. The lowest BCUT2D eigenvalue weighted by atomic mass is 9.90. The molecule has 2 N–H and O–H groups in total. The van der Waals surface area contributed by atoms with Crippen molar-refractivity contribution < 1.29 is 19.0 Å². The van der Waals surface area contributed by atoms with Crippen LogP contribution in [0, 0.1) is 11.7 Å². The number of hydrogen-bond donors (Lipinski definition) is 2. The number of phenolic OH excluding ortho intramolecular Hbond substituents is 2. The molecule has 0 heterocycles. The third-order valence-corrected chi connectivity index (χ3v) is 7.08. The molecule has 0 bridgehead atoms. The molecule has 0 aliphatic heterocycles. The van der Waals surface area contributed by atoms with Crippen LogP contribution in [0.4, 0.5) is 8.78 Å². The van der Waals surface area contributed by atoms with Crippen LogP contribution in [0.2, 0.25) is 0 Å². The molecule has 0 saturated carbocycles. The van der Waals surface area contributed by atoms with Crippen LogP contribution in [0.25, 0.3) is 21.9 Å². The van der Waals surface area contributed by atoms with E-state index in [9.17, 15) is 19.0 Å². The van der Waals surface area contributed by atoms with E-state index < -0.39 is 5.82 Å². The van der Waals surface area contributed by atoms with E-state index in [1.807, 2.05) is 18.2 Å². The number of rotatable bonds is 15. The van der Waals surface area contributed by atoms with Crippen molar-refractivity contribution in [2.45, 2.75) is 84.0 Å². The fourth-order valence-corrected chi connectivity index (χ4v) is 5.02. The summed E-state index contributed by atoms with van der Waals surface area (Å²) in [7, 11) is 0. The first kappa shape index (κ1) is 27.0. The second-order valence-corrected chi connectivity index (χ2v) is 9.97. The molecule has 35 heavy (non-hydrogen) atoms. The van der Waals surface area contributed by atoms with Crippen molar-refractivity contribution in [2.75, 3.05) is 6.67 Å². The summed E-state index contributed by atoms with van der Waals surface area (Å²) in [6.45, 7) is 2.04. The van der Waals surface area contributed by atoms with Crippen molar-refractivity contribution in [3.63, 3.8) is 0 Å². The van der Waals surface area contributed by atoms with Gasteiger partial charge in [-0.1, -0.05) is 82.6 Å². The van der Waals surface area contributed by atoms with Gasteiger partial charge in [0.2, 0.25) is 0 Å². The van der Waals surface area contributed by atoms with Crippen molar-refractivity contribution in [1.29, 1.82) is 0 Å². The summed E-state index contributed by atoms with van der Waals surface area (Å²) in [6.07, 6.45) is 13.6. The van der Waals surface area contributed by atoms with E-state index in [0.29, 0.717) is 12.3 Å². The Labute approximate surface area is 209 Å². The zero-order valence-electron chi connectivity index (χ0n) is 21.0. The molecule has 0 aliphatic carbocycles. The Balaban J connectivity index is 1.50. The smallest absolute Gasteiger partial charge is 0.165 e. The predicted molar refractivity (Wildman–Crippen MR) is 142 cm³/mol. The van der Waals surface area contributed by atoms with Crippen LogP contribution in [-0.4, -0.2) is 16.9 Å². The average Bonchev–Trinajstić information content (AvgIpc) is 2.85. The Morgan fingerprint density at radius 3 is 2.14 bits per heavy atom. The minimum atomic E-state index is -0.617. The molecule has 3 rings (SSSR count). The Kier molecular flexibility index (Phi) is 10.8. The maximum atomic E-state index is 14.1. The molecule has 4 heteroatoms. The molecular weight excluding hydrogens is 442 g/mol. The molecule has 0 aliphatic rings. The Hall–Kier alpha value is -2.62. The number of aryl methyl sites for hydroxylation is 1. The highest BCUT2D eigenvalue weighted by atomic mass is 19.1. The lowest BCUT2D eigenvalue weighted by Crippen LogP contribution is -1.95. The van der Waals surface area contributed by atoms with Crippen LogP contribution < -0.4 is 0 Å². The van der Waals surface area contributed by atoms with Crippen LogP contribution >= 0.6 is 0 Å². The largest absolute Gasteiger partial charge is 0.508 e. The predicted octanol–water partition coefficient (Wildman–Crippen LogP) is 9.50. The summed E-state index contributed by atoms with van der Waals surface area (Å²) >= 11 is 0. The fraction of sp³-hybridized carbons (Fsp3) is 0.484. The summed E-state index contributed by atoms with van der Waals surface area (Å²) in [4.78, 5) is 0. The van der Waals surface area contributed by atoms with Gasteiger partial charge in [-0.25, -0.2) is 4.39 Å². The zero-order valence-corrected chi connectivity index (χ0v) is 21.0. The van der Waals surface area contributed by atoms with E-state index in [4.69, 9.17) is 0 Å². The number of aromatic hydroxyl groups is 2. The lowest BCUT2D eigenvalue weighted by molar-refractivity contribution is 0.393. The minimum absolute atomic E-state index is 0.189. The van der Waals surface area contributed by atoms with Gasteiger partial charge in [-0.05, 0) is 83.3 Å². The maximum absolute atomic E-state index is 14.1. The number of phenols is 2. The maximum Gasteiger partial charge on any atom is 0.165 e. The molecule has 190 valence electrons. The SMILES string of the molecule is CC(CCCF)CCCCCCCCCCc1c(-c2ccc(O)c(F)c2)ccc2cc(O)ccc12. The monoisotopic (exact) mass is 482 g/mol. The number of fused-ring (bicyclic) bond motifs is 1. The van der Waals surface area contributed by atoms with E-state index in [2.05, 4.69) is 6.92 Å². The summed E-state index contributed by atoms with van der Waals surface area (Å²) in [6, 6.07) is 13.9. The van der Waals surface area contributed by atoms with Crippen molar-refractivity contribution in [3.8, 4) is 22.6 Å². The zero-order chi connectivity index (χ0) is 25.0. The minimum Gasteiger partial charge on any atom is -0.508 e. The first-order valence-electron chi connectivity index (χ1n) is 13.3. The molecule has 0 radical (unpaired) electrons. The van der Waals surface area contributed by atoms with Gasteiger partial charge in [0.15, 0.2) is 11.6 Å². The van der Waals surface area contributed by atoms with Gasteiger partial charge in [0, 0.05) is 0 Å². The quantitative estimate of drug-likeness (QED) is 0.212. The van der Waals surface area contributed by atoms with Gasteiger partial charge in [-0.2, -0.15) is 0 Å². The van der Waals surface area contributed by atoms with E-state index in [0.717, 1.165) is 53.1 Å². The second kappa shape index (κ2) is 14.1. The Bertz CT molecular complexity index is 1060. The molecule has 3 aromatic rings. The van der Waals surface area contributed by atoms with Crippen molar-refractivity contribution in [2.24, 2.45) is 5.92 Å². The average molecular weight is 483 g/mol. The summed E-state index contributed by atoms with van der Waals surface area (Å²) in [5.74, 6) is -0.0753. The van der Waals surface area contributed by atoms with Crippen LogP contribution in [0.15, 0.2) is 48.5 Å². The van der Waals surface area contributed by atoms with E-state index in [-0.39, 0.29) is 18.2 Å². The Morgan fingerprint density at radius 2 is 1.43 bits per heavy atom. The third-order valence-electron chi connectivity index (χ3n) is 7.08. The number of alkyl halides is 1. The van der Waals surface area contributed by atoms with Crippen LogP contribution in [0.1, 0.15) is 83.1 Å². The number of unbranched alkanes of at least 4 members (excludes halogenated alkanes) is 7. The third kappa shape index (κ3) is 8.23. The molecule has 0 saturated heterocycles. The molecule has 0 aromatic heterocycles. The topological polar surface area (TPSA) is 40.5 Å². The van der Waals surface area contributed by atoms with Gasteiger partial charge >= 0.3 is 0 Å². The van der Waals surface area contributed by atoms with Gasteiger partial charge in [0.1, 0.15) is 5.75 Å². The van der Waals surface area contributed by atoms with Gasteiger partial charge in [0.25, 0.3) is 0 Å². The van der Waals surface area contributed by atoms with Gasteiger partial charge in [0.05, 0.1) is 6.67 Å². The molecule has 2 nitrogen and oxygen atoms in total. The van der Waals surface area contributed by atoms with Gasteiger partial charge in [-0.3, -0.25) is 4.39 Å². The van der Waals surface area contributed by atoms with E-state index in [1.165, 1.54) is 57.1 Å². The molecule has 0 amide bonds. The molecule has 1 unspecified atom stereocenters. The van der Waals surface area contributed by atoms with E-state index >= 15 is 0 Å². The van der Waals surface area contributed by atoms with Crippen molar-refractivity contribution in [1.82, 2.24) is 0 Å². The first-order valence-corrected chi connectivity index (χ1v) is 13.3. The lowest BCUT2D eigenvalue weighted by Gasteiger charge is -2.14.